The SMILES string of the molecule is C=C[C@@](C)(O)CC/C=C(\C)CC/C=C(\C)CC[C@H](O)[C@@](C)(O)CCC[C@@](C)(O)CCC[C@](C)(O)CCC[C@@](C)(O)CCC[C@](C)(O)CCC[C@@](C)(O)CCC=C(C)C. The molecule has 0 aromatic rings. The van der Waals surface area contributed by atoms with Crippen molar-refractivity contribution >= 4 is 0 Å². The minimum Gasteiger partial charge on any atom is -0.390 e. The second kappa shape index (κ2) is 26.2. The first-order valence-electron chi connectivity index (χ1n) is 22.8. The van der Waals surface area contributed by atoms with Crippen LogP contribution in [0.3, 0.4) is 0 Å². The summed E-state index contributed by atoms with van der Waals surface area (Å²) in [4.78, 5) is 0. The fourth-order valence-electron chi connectivity index (χ4n) is 7.83. The van der Waals surface area contributed by atoms with Crippen molar-refractivity contribution < 1.29 is 40.9 Å². The lowest BCUT2D eigenvalue weighted by Crippen LogP contribution is -2.39. The van der Waals surface area contributed by atoms with Gasteiger partial charge in [-0.3, -0.25) is 0 Å². The van der Waals surface area contributed by atoms with E-state index in [0.717, 1.165) is 32.1 Å². The summed E-state index contributed by atoms with van der Waals surface area (Å²) in [6.07, 6.45) is 22.0. The summed E-state index contributed by atoms with van der Waals surface area (Å²) in [6, 6.07) is 0. The third-order valence-corrected chi connectivity index (χ3v) is 12.5. The summed E-state index contributed by atoms with van der Waals surface area (Å²) >= 11 is 0. The molecule has 0 aliphatic rings. The van der Waals surface area contributed by atoms with E-state index in [0.29, 0.717) is 116 Å². The Bertz CT molecular complexity index is 1230. The van der Waals surface area contributed by atoms with Crippen LogP contribution >= 0.6 is 0 Å². The zero-order valence-electron chi connectivity index (χ0n) is 39.4. The Labute approximate surface area is 356 Å². The lowest BCUT2D eigenvalue weighted by atomic mass is 9.83. The van der Waals surface area contributed by atoms with Crippen molar-refractivity contribution in [3.8, 4) is 0 Å². The lowest BCUT2D eigenvalue weighted by Gasteiger charge is -2.32. The molecule has 0 aromatic heterocycles. The van der Waals surface area contributed by atoms with Gasteiger partial charge >= 0.3 is 0 Å². The van der Waals surface area contributed by atoms with Gasteiger partial charge in [-0.2, -0.15) is 0 Å². The van der Waals surface area contributed by atoms with Gasteiger partial charge in [0.2, 0.25) is 0 Å². The maximum atomic E-state index is 11.1. The zero-order valence-corrected chi connectivity index (χ0v) is 39.4. The molecule has 0 fully saturated rings. The Kier molecular flexibility index (Phi) is 25.6. The van der Waals surface area contributed by atoms with E-state index >= 15 is 0 Å². The summed E-state index contributed by atoms with van der Waals surface area (Å²) in [6.45, 7) is 24.6. The van der Waals surface area contributed by atoms with Crippen molar-refractivity contribution in [1.29, 1.82) is 0 Å². The molecular formula is C50H94O8. The van der Waals surface area contributed by atoms with Crippen LogP contribution in [0, 0.1) is 0 Å². The predicted molar refractivity (Wildman–Crippen MR) is 244 cm³/mol. The van der Waals surface area contributed by atoms with E-state index in [9.17, 15) is 40.9 Å². The van der Waals surface area contributed by atoms with Crippen molar-refractivity contribution in [3.63, 3.8) is 0 Å². The molecule has 0 heterocycles. The maximum Gasteiger partial charge on any atom is 0.0877 e. The Morgan fingerprint density at radius 1 is 0.448 bits per heavy atom. The van der Waals surface area contributed by atoms with Crippen molar-refractivity contribution in [1.82, 2.24) is 0 Å². The highest BCUT2D eigenvalue weighted by Crippen LogP contribution is 2.32. The number of hydrogen-bond acceptors (Lipinski definition) is 8. The molecule has 8 heteroatoms. The van der Waals surface area contributed by atoms with Crippen LogP contribution in [0.5, 0.6) is 0 Å². The molecule has 0 amide bonds. The van der Waals surface area contributed by atoms with Gasteiger partial charge in [0.05, 0.1) is 45.3 Å². The Balaban J connectivity index is 4.48. The highest BCUT2D eigenvalue weighted by atomic mass is 16.3. The molecule has 8 atom stereocenters. The number of aliphatic hydroxyl groups excluding tert-OH is 1. The molecule has 342 valence electrons. The fourth-order valence-corrected chi connectivity index (χ4v) is 7.83. The lowest BCUT2D eigenvalue weighted by molar-refractivity contribution is -0.0746. The van der Waals surface area contributed by atoms with Crippen LogP contribution in [0.15, 0.2) is 47.6 Å². The average molecular weight is 823 g/mol. The van der Waals surface area contributed by atoms with E-state index in [1.807, 2.05) is 27.7 Å². The van der Waals surface area contributed by atoms with E-state index in [4.69, 9.17) is 0 Å². The summed E-state index contributed by atoms with van der Waals surface area (Å²) < 4.78 is 0. The molecule has 58 heavy (non-hydrogen) atoms. The largest absolute Gasteiger partial charge is 0.390 e. The van der Waals surface area contributed by atoms with E-state index in [1.54, 1.807) is 26.8 Å². The van der Waals surface area contributed by atoms with Crippen molar-refractivity contribution in [2.24, 2.45) is 0 Å². The highest BCUT2D eigenvalue weighted by Gasteiger charge is 2.32. The molecule has 8 nitrogen and oxygen atoms in total. The predicted octanol–water partition coefficient (Wildman–Crippen LogP) is 10.6. The molecule has 0 aliphatic carbocycles. The van der Waals surface area contributed by atoms with Crippen LogP contribution in [0.1, 0.15) is 224 Å². The standard InChI is InChI=1S/C50H94O8/c1-13-44(6,52)28-16-25-41(4)23-14-24-42(5)26-27-43(51)50(12,58)39-21-38-49(11,57)37-20-36-48(10,56)35-19-34-47(9,55)33-18-32-46(8,54)31-17-30-45(7,53)29-15-22-40(2)3/h13,22,24-25,43,51-58H,1,14-21,23,26-39H2,2-12H3/b41-25+,42-24+/t43-,44+,45-,46+,47-,48+,49-,50-/m0/s1. The first kappa shape index (κ1) is 56.6. The highest BCUT2D eigenvalue weighted by molar-refractivity contribution is 5.05. The van der Waals surface area contributed by atoms with E-state index in [2.05, 4.69) is 52.5 Å². The smallest absolute Gasteiger partial charge is 0.0877 e. The number of aliphatic hydroxyl groups is 8. The zero-order chi connectivity index (χ0) is 44.9. The van der Waals surface area contributed by atoms with Gasteiger partial charge in [0.15, 0.2) is 0 Å². The Morgan fingerprint density at radius 3 is 1.16 bits per heavy atom. The summed E-state index contributed by atoms with van der Waals surface area (Å²) in [5.74, 6) is 0. The third-order valence-electron chi connectivity index (χ3n) is 12.5. The molecule has 0 unspecified atom stereocenters. The van der Waals surface area contributed by atoms with Gasteiger partial charge in [0, 0.05) is 0 Å². The molecule has 0 aromatic carbocycles. The van der Waals surface area contributed by atoms with Gasteiger partial charge in [-0.1, -0.05) is 41.0 Å². The van der Waals surface area contributed by atoms with Crippen LogP contribution in [-0.2, 0) is 0 Å². The second-order valence-corrected chi connectivity index (χ2v) is 20.7. The van der Waals surface area contributed by atoms with Crippen molar-refractivity contribution in [3.05, 3.63) is 47.6 Å². The summed E-state index contributed by atoms with van der Waals surface area (Å²) in [7, 11) is 0. The van der Waals surface area contributed by atoms with Crippen LogP contribution in [0.4, 0.5) is 0 Å². The average Bonchev–Trinajstić information content (AvgIpc) is 3.05. The van der Waals surface area contributed by atoms with Crippen molar-refractivity contribution in [2.75, 3.05) is 0 Å². The number of hydrogen-bond donors (Lipinski definition) is 8. The minimum absolute atomic E-state index is 0.380. The third kappa shape index (κ3) is 29.8. The monoisotopic (exact) mass is 823 g/mol. The van der Waals surface area contributed by atoms with Crippen LogP contribution in [0.2, 0.25) is 0 Å². The molecule has 0 bridgehead atoms. The van der Waals surface area contributed by atoms with Gasteiger partial charge in [-0.25, -0.2) is 0 Å². The molecule has 0 radical (unpaired) electrons. The van der Waals surface area contributed by atoms with Gasteiger partial charge in [-0.05, 0) is 224 Å². The first-order valence-corrected chi connectivity index (χ1v) is 22.8. The van der Waals surface area contributed by atoms with Crippen LogP contribution < -0.4 is 0 Å². The van der Waals surface area contributed by atoms with E-state index < -0.39 is 45.3 Å². The molecule has 0 saturated heterocycles. The molecule has 0 saturated carbocycles. The first-order chi connectivity index (χ1) is 26.4. The molecule has 8 N–H and O–H groups in total. The quantitative estimate of drug-likeness (QED) is 0.0298. The maximum absolute atomic E-state index is 11.1. The van der Waals surface area contributed by atoms with Gasteiger partial charge < -0.3 is 40.9 Å². The van der Waals surface area contributed by atoms with Gasteiger partial charge in [0.25, 0.3) is 0 Å². The van der Waals surface area contributed by atoms with Crippen LogP contribution in [-0.4, -0.2) is 86.2 Å². The van der Waals surface area contributed by atoms with Crippen LogP contribution in [0.25, 0.3) is 0 Å². The number of rotatable bonds is 34. The summed E-state index contributed by atoms with van der Waals surface area (Å²) in [5, 5.41) is 86.7. The summed E-state index contributed by atoms with van der Waals surface area (Å²) in [5.41, 5.74) is -2.70. The molecule has 0 aliphatic heterocycles. The molecular weight excluding hydrogens is 729 g/mol. The van der Waals surface area contributed by atoms with Gasteiger partial charge in [-0.15, -0.1) is 6.58 Å². The van der Waals surface area contributed by atoms with E-state index in [-0.39, 0.29) is 0 Å². The molecule has 0 spiro atoms. The van der Waals surface area contributed by atoms with Crippen molar-refractivity contribution in [2.45, 2.75) is 269 Å². The second-order valence-electron chi connectivity index (χ2n) is 20.7. The Morgan fingerprint density at radius 2 is 0.776 bits per heavy atom. The topological polar surface area (TPSA) is 162 Å². The molecule has 0 rings (SSSR count). The normalized spacial score (nSPS) is 20.7. The minimum atomic E-state index is -1.25. The van der Waals surface area contributed by atoms with Gasteiger partial charge in [0.1, 0.15) is 0 Å². The fraction of sp³-hybridized carbons (Fsp3) is 0.840. The number of allylic oxidation sites excluding steroid dienone is 6. The Hall–Kier alpha value is -1.36. The van der Waals surface area contributed by atoms with E-state index in [1.165, 1.54) is 16.7 Å².